The van der Waals surface area contributed by atoms with Crippen molar-refractivity contribution in [2.75, 3.05) is 0 Å². The van der Waals surface area contributed by atoms with Crippen molar-refractivity contribution in [3.05, 3.63) is 29.8 Å². The highest BCUT2D eigenvalue weighted by Gasteiger charge is 2.08. The number of benzene rings is 1. The molecule has 0 aromatic heterocycles. The molecule has 1 rings (SSSR count). The summed E-state index contributed by atoms with van der Waals surface area (Å²) >= 11 is 0. The molecule has 126 valence electrons. The van der Waals surface area contributed by atoms with E-state index in [4.69, 9.17) is 0 Å². The summed E-state index contributed by atoms with van der Waals surface area (Å²) in [5.74, 6) is 2.93. The number of para-hydroxylation sites is 1. The van der Waals surface area contributed by atoms with Gasteiger partial charge in [0, 0.05) is 0 Å². The van der Waals surface area contributed by atoms with Crippen molar-refractivity contribution in [3.8, 4) is 5.75 Å². The normalized spacial score (nSPS) is 14.2. The summed E-state index contributed by atoms with van der Waals surface area (Å²) in [6.07, 6.45) is 10.4. The van der Waals surface area contributed by atoms with Crippen LogP contribution in [0.3, 0.4) is 0 Å². The standard InChI is InChI=1S/C21H36O/c1-17(2)9-7-10-18(3)11-8-12-19(4)15-16-20-13-5-6-14-21(20)22/h5-6,13-14,17-19,22H,7-12,15-16H2,1-4H3. The fraction of sp³-hybridized carbons (Fsp3) is 0.714. The molecule has 0 saturated heterocycles. The maximum atomic E-state index is 9.79. The molecule has 0 aliphatic rings. The Morgan fingerprint density at radius 2 is 1.32 bits per heavy atom. The van der Waals surface area contributed by atoms with E-state index < -0.39 is 0 Å². The number of phenols is 1. The molecule has 0 saturated carbocycles. The van der Waals surface area contributed by atoms with Crippen LogP contribution in [0, 0.1) is 17.8 Å². The molecule has 22 heavy (non-hydrogen) atoms. The van der Waals surface area contributed by atoms with E-state index in [1.807, 2.05) is 18.2 Å². The molecule has 0 aliphatic carbocycles. The lowest BCUT2D eigenvalue weighted by atomic mass is 9.91. The van der Waals surface area contributed by atoms with E-state index in [1.54, 1.807) is 6.07 Å². The lowest BCUT2D eigenvalue weighted by Crippen LogP contribution is -2.01. The molecule has 0 aliphatic heterocycles. The first-order valence-corrected chi connectivity index (χ1v) is 9.26. The van der Waals surface area contributed by atoms with Crippen LogP contribution in [0.5, 0.6) is 5.75 Å². The minimum absolute atomic E-state index is 0.452. The summed E-state index contributed by atoms with van der Waals surface area (Å²) in [5.41, 5.74) is 1.09. The number of rotatable bonds is 11. The minimum atomic E-state index is 0.452. The SMILES string of the molecule is CC(C)CCCC(C)CCCC(C)CCc1ccccc1O. The maximum absolute atomic E-state index is 9.79. The summed E-state index contributed by atoms with van der Waals surface area (Å²) < 4.78 is 0. The lowest BCUT2D eigenvalue weighted by Gasteiger charge is -2.15. The second-order valence-electron chi connectivity index (χ2n) is 7.63. The van der Waals surface area contributed by atoms with Crippen molar-refractivity contribution < 1.29 is 5.11 Å². The quantitative estimate of drug-likeness (QED) is 0.488. The average Bonchev–Trinajstić information content (AvgIpc) is 2.46. The Kier molecular flexibility index (Phi) is 9.27. The third-order valence-corrected chi connectivity index (χ3v) is 4.77. The van der Waals surface area contributed by atoms with E-state index in [2.05, 4.69) is 27.7 Å². The first kappa shape index (κ1) is 19.1. The van der Waals surface area contributed by atoms with Crippen LogP contribution in [0.25, 0.3) is 0 Å². The van der Waals surface area contributed by atoms with Crippen LogP contribution in [-0.4, -0.2) is 5.11 Å². The average molecular weight is 305 g/mol. The summed E-state index contributed by atoms with van der Waals surface area (Å²) in [6.45, 7) is 9.39. The van der Waals surface area contributed by atoms with Crippen LogP contribution < -0.4 is 0 Å². The maximum Gasteiger partial charge on any atom is 0.118 e. The van der Waals surface area contributed by atoms with Crippen molar-refractivity contribution in [3.63, 3.8) is 0 Å². The van der Waals surface area contributed by atoms with E-state index >= 15 is 0 Å². The number of hydrogen-bond acceptors (Lipinski definition) is 1. The summed E-state index contributed by atoms with van der Waals surface area (Å²) in [7, 11) is 0. The van der Waals surface area contributed by atoms with Gasteiger partial charge in [-0.25, -0.2) is 0 Å². The van der Waals surface area contributed by atoms with Crippen LogP contribution in [0.4, 0.5) is 0 Å². The molecule has 0 spiro atoms. The topological polar surface area (TPSA) is 20.2 Å². The highest BCUT2D eigenvalue weighted by Crippen LogP contribution is 2.23. The van der Waals surface area contributed by atoms with E-state index in [0.29, 0.717) is 5.75 Å². The van der Waals surface area contributed by atoms with Gasteiger partial charge < -0.3 is 5.11 Å². The van der Waals surface area contributed by atoms with Crippen molar-refractivity contribution >= 4 is 0 Å². The summed E-state index contributed by atoms with van der Waals surface area (Å²) in [6, 6.07) is 7.74. The summed E-state index contributed by atoms with van der Waals surface area (Å²) in [4.78, 5) is 0. The highest BCUT2D eigenvalue weighted by atomic mass is 16.3. The molecule has 0 bridgehead atoms. The molecule has 0 fully saturated rings. The molecule has 1 heteroatoms. The van der Waals surface area contributed by atoms with Crippen molar-refractivity contribution in [2.45, 2.75) is 79.1 Å². The zero-order valence-electron chi connectivity index (χ0n) is 15.1. The molecule has 0 radical (unpaired) electrons. The van der Waals surface area contributed by atoms with E-state index in [1.165, 1.54) is 44.9 Å². The zero-order chi connectivity index (χ0) is 16.4. The molecule has 1 aromatic carbocycles. The van der Waals surface area contributed by atoms with Crippen LogP contribution in [0.15, 0.2) is 24.3 Å². The van der Waals surface area contributed by atoms with Crippen molar-refractivity contribution in [1.82, 2.24) is 0 Å². The second kappa shape index (κ2) is 10.7. The number of phenolic OH excluding ortho intramolecular Hbond substituents is 1. The van der Waals surface area contributed by atoms with Crippen molar-refractivity contribution in [1.29, 1.82) is 0 Å². The fourth-order valence-electron chi connectivity index (χ4n) is 3.10. The highest BCUT2D eigenvalue weighted by molar-refractivity contribution is 5.31. The van der Waals surface area contributed by atoms with Crippen LogP contribution in [0.1, 0.15) is 78.2 Å². The largest absolute Gasteiger partial charge is 0.508 e. The first-order chi connectivity index (χ1) is 10.5. The number of aryl methyl sites for hydroxylation is 1. The van der Waals surface area contributed by atoms with Gasteiger partial charge >= 0.3 is 0 Å². The molecular formula is C21H36O. The van der Waals surface area contributed by atoms with E-state index in [0.717, 1.165) is 29.7 Å². The predicted molar refractivity (Wildman–Crippen MR) is 97.3 cm³/mol. The van der Waals surface area contributed by atoms with Gasteiger partial charge in [0.2, 0.25) is 0 Å². The minimum Gasteiger partial charge on any atom is -0.508 e. The molecule has 2 atom stereocenters. The Morgan fingerprint density at radius 1 is 0.773 bits per heavy atom. The number of hydrogen-bond donors (Lipinski definition) is 1. The van der Waals surface area contributed by atoms with Crippen LogP contribution in [-0.2, 0) is 6.42 Å². The fourth-order valence-corrected chi connectivity index (χ4v) is 3.10. The van der Waals surface area contributed by atoms with Gasteiger partial charge in [-0.1, -0.05) is 84.4 Å². The molecule has 2 unspecified atom stereocenters. The van der Waals surface area contributed by atoms with Gasteiger partial charge in [-0.15, -0.1) is 0 Å². The third kappa shape index (κ3) is 8.46. The Balaban J connectivity index is 2.10. The van der Waals surface area contributed by atoms with E-state index in [-0.39, 0.29) is 0 Å². The summed E-state index contributed by atoms with van der Waals surface area (Å²) in [5, 5.41) is 9.79. The number of aromatic hydroxyl groups is 1. The van der Waals surface area contributed by atoms with Gasteiger partial charge in [-0.3, -0.25) is 0 Å². The van der Waals surface area contributed by atoms with Gasteiger partial charge in [0.05, 0.1) is 0 Å². The zero-order valence-corrected chi connectivity index (χ0v) is 15.1. The van der Waals surface area contributed by atoms with Crippen molar-refractivity contribution in [2.24, 2.45) is 17.8 Å². The van der Waals surface area contributed by atoms with Gasteiger partial charge in [-0.2, -0.15) is 0 Å². The molecule has 1 nitrogen and oxygen atoms in total. The third-order valence-electron chi connectivity index (χ3n) is 4.77. The second-order valence-corrected chi connectivity index (χ2v) is 7.63. The molecule has 1 aromatic rings. The Labute approximate surface area is 138 Å². The van der Waals surface area contributed by atoms with Gasteiger partial charge in [-0.05, 0) is 42.2 Å². The smallest absolute Gasteiger partial charge is 0.118 e. The van der Waals surface area contributed by atoms with E-state index in [9.17, 15) is 5.11 Å². The monoisotopic (exact) mass is 304 g/mol. The Bertz CT molecular complexity index is 397. The molecule has 1 N–H and O–H groups in total. The van der Waals surface area contributed by atoms with Gasteiger partial charge in [0.25, 0.3) is 0 Å². The first-order valence-electron chi connectivity index (χ1n) is 9.26. The molecule has 0 heterocycles. The van der Waals surface area contributed by atoms with Gasteiger partial charge in [0.1, 0.15) is 5.75 Å². The Morgan fingerprint density at radius 3 is 1.91 bits per heavy atom. The molecule has 0 amide bonds. The predicted octanol–water partition coefficient (Wildman–Crippen LogP) is 6.59. The lowest BCUT2D eigenvalue weighted by molar-refractivity contribution is 0.391. The van der Waals surface area contributed by atoms with Gasteiger partial charge in [0.15, 0.2) is 0 Å². The van der Waals surface area contributed by atoms with Crippen LogP contribution >= 0.6 is 0 Å². The Hall–Kier alpha value is -0.980. The molecular weight excluding hydrogens is 268 g/mol. The van der Waals surface area contributed by atoms with Crippen LogP contribution in [0.2, 0.25) is 0 Å².